The highest BCUT2D eigenvalue weighted by atomic mass is 16.6. The van der Waals surface area contributed by atoms with Crippen molar-refractivity contribution in [2.45, 2.75) is 58.3 Å². The molecule has 0 radical (unpaired) electrons. The van der Waals surface area contributed by atoms with Crippen LogP contribution in [0.4, 0.5) is 4.79 Å². The van der Waals surface area contributed by atoms with Crippen molar-refractivity contribution in [2.75, 3.05) is 26.3 Å². The number of esters is 1. The second-order valence-corrected chi connectivity index (χ2v) is 6.42. The van der Waals surface area contributed by atoms with E-state index in [1.807, 2.05) is 20.8 Å². The SMILES string of the molecule is CC(=O)OCCNCC1CC[C@@H](NC(=O)OC(C)(C)C)CO1. The lowest BCUT2D eigenvalue weighted by Crippen LogP contribution is -2.46. The average molecular weight is 316 g/mol. The quantitative estimate of drug-likeness (QED) is 0.566. The molecule has 1 aliphatic rings. The number of rotatable bonds is 6. The zero-order valence-electron chi connectivity index (χ0n) is 13.9. The van der Waals surface area contributed by atoms with E-state index >= 15 is 0 Å². The number of amides is 1. The molecular formula is C15H28N2O5. The number of hydrogen-bond acceptors (Lipinski definition) is 6. The van der Waals surface area contributed by atoms with E-state index in [-0.39, 0.29) is 18.1 Å². The first kappa shape index (κ1) is 18.7. The van der Waals surface area contributed by atoms with E-state index in [0.717, 1.165) is 12.8 Å². The summed E-state index contributed by atoms with van der Waals surface area (Å²) in [4.78, 5) is 22.3. The van der Waals surface area contributed by atoms with Crippen LogP contribution in [0, 0.1) is 0 Å². The topological polar surface area (TPSA) is 85.9 Å². The second kappa shape index (κ2) is 8.95. The van der Waals surface area contributed by atoms with E-state index in [1.54, 1.807) is 0 Å². The molecule has 1 unspecified atom stereocenters. The maximum absolute atomic E-state index is 11.7. The summed E-state index contributed by atoms with van der Waals surface area (Å²) in [5.41, 5.74) is -0.492. The van der Waals surface area contributed by atoms with E-state index in [4.69, 9.17) is 14.2 Å². The summed E-state index contributed by atoms with van der Waals surface area (Å²) in [6.45, 7) is 9.06. The van der Waals surface area contributed by atoms with Crippen LogP contribution in [0.15, 0.2) is 0 Å². The zero-order chi connectivity index (χ0) is 16.6. The van der Waals surface area contributed by atoms with Crippen molar-refractivity contribution in [3.05, 3.63) is 0 Å². The Kier molecular flexibility index (Phi) is 7.61. The van der Waals surface area contributed by atoms with Crippen molar-refractivity contribution in [2.24, 2.45) is 0 Å². The van der Waals surface area contributed by atoms with Gasteiger partial charge in [0, 0.05) is 20.0 Å². The van der Waals surface area contributed by atoms with Gasteiger partial charge >= 0.3 is 12.1 Å². The van der Waals surface area contributed by atoms with Crippen molar-refractivity contribution < 1.29 is 23.8 Å². The van der Waals surface area contributed by atoms with Crippen molar-refractivity contribution in [1.82, 2.24) is 10.6 Å². The molecule has 0 spiro atoms. The first-order valence-corrected chi connectivity index (χ1v) is 7.71. The summed E-state index contributed by atoms with van der Waals surface area (Å²) in [6, 6.07) is -0.00727. The zero-order valence-corrected chi connectivity index (χ0v) is 13.9. The monoisotopic (exact) mass is 316 g/mol. The molecule has 0 aromatic carbocycles. The summed E-state index contributed by atoms with van der Waals surface area (Å²) >= 11 is 0. The van der Waals surface area contributed by atoms with Gasteiger partial charge in [-0.1, -0.05) is 0 Å². The first-order valence-electron chi connectivity index (χ1n) is 7.71. The molecule has 22 heavy (non-hydrogen) atoms. The van der Waals surface area contributed by atoms with Crippen molar-refractivity contribution >= 4 is 12.1 Å². The molecule has 7 nitrogen and oxygen atoms in total. The fourth-order valence-corrected chi connectivity index (χ4v) is 2.09. The molecule has 0 aliphatic carbocycles. The lowest BCUT2D eigenvalue weighted by Gasteiger charge is -2.30. The number of hydrogen-bond donors (Lipinski definition) is 2. The Morgan fingerprint density at radius 1 is 1.27 bits per heavy atom. The highest BCUT2D eigenvalue weighted by Gasteiger charge is 2.24. The van der Waals surface area contributed by atoms with Gasteiger partial charge < -0.3 is 24.8 Å². The lowest BCUT2D eigenvalue weighted by atomic mass is 10.1. The number of carbonyl (C=O) groups excluding carboxylic acids is 2. The van der Waals surface area contributed by atoms with Crippen molar-refractivity contribution in [3.8, 4) is 0 Å². The van der Waals surface area contributed by atoms with Crippen LogP contribution in [0.1, 0.15) is 40.5 Å². The molecule has 0 aromatic rings. The molecule has 7 heteroatoms. The molecule has 1 rings (SSSR count). The number of nitrogens with one attached hydrogen (secondary N) is 2. The highest BCUT2D eigenvalue weighted by Crippen LogP contribution is 2.14. The number of carbonyl (C=O) groups is 2. The standard InChI is InChI=1S/C15H28N2O5/c1-11(18)20-8-7-16-9-13-6-5-12(10-21-13)17-14(19)22-15(2,3)4/h12-13,16H,5-10H2,1-4H3,(H,17,19)/t12-,13?/m1/s1. The Morgan fingerprint density at radius 3 is 2.55 bits per heavy atom. The van der Waals surface area contributed by atoms with Gasteiger partial charge in [-0.05, 0) is 33.6 Å². The van der Waals surface area contributed by atoms with Gasteiger partial charge in [0.25, 0.3) is 0 Å². The van der Waals surface area contributed by atoms with Gasteiger partial charge in [0.1, 0.15) is 12.2 Å². The Labute approximate surface area is 132 Å². The third-order valence-electron chi connectivity index (χ3n) is 3.05. The van der Waals surface area contributed by atoms with Crippen molar-refractivity contribution in [3.63, 3.8) is 0 Å². The van der Waals surface area contributed by atoms with Crippen LogP contribution < -0.4 is 10.6 Å². The highest BCUT2D eigenvalue weighted by molar-refractivity contribution is 5.68. The fourth-order valence-electron chi connectivity index (χ4n) is 2.09. The van der Waals surface area contributed by atoms with Crippen molar-refractivity contribution in [1.29, 1.82) is 0 Å². The fraction of sp³-hybridized carbons (Fsp3) is 0.867. The summed E-state index contributed by atoms with van der Waals surface area (Å²) in [7, 11) is 0. The van der Waals surface area contributed by atoms with Gasteiger partial charge in [0.2, 0.25) is 0 Å². The van der Waals surface area contributed by atoms with Crippen LogP contribution in [-0.2, 0) is 19.0 Å². The van der Waals surface area contributed by atoms with E-state index in [2.05, 4.69) is 10.6 Å². The van der Waals surface area contributed by atoms with Gasteiger partial charge in [0.15, 0.2) is 0 Å². The van der Waals surface area contributed by atoms with Crippen LogP contribution in [0.25, 0.3) is 0 Å². The molecule has 1 fully saturated rings. The van der Waals surface area contributed by atoms with Crippen LogP contribution in [0.5, 0.6) is 0 Å². The van der Waals surface area contributed by atoms with Gasteiger partial charge in [-0.15, -0.1) is 0 Å². The molecule has 0 saturated carbocycles. The summed E-state index contributed by atoms with van der Waals surface area (Å²) in [6.07, 6.45) is 1.43. The van der Waals surface area contributed by atoms with Crippen LogP contribution in [0.2, 0.25) is 0 Å². The molecule has 0 bridgehead atoms. The largest absolute Gasteiger partial charge is 0.465 e. The van der Waals surface area contributed by atoms with E-state index in [0.29, 0.717) is 26.3 Å². The average Bonchev–Trinajstić information content (AvgIpc) is 2.37. The third kappa shape index (κ3) is 8.84. The Balaban J connectivity index is 2.10. The van der Waals surface area contributed by atoms with Crippen LogP contribution >= 0.6 is 0 Å². The molecule has 128 valence electrons. The summed E-state index contributed by atoms with van der Waals surface area (Å²) in [5.74, 6) is -0.272. The van der Waals surface area contributed by atoms with E-state index < -0.39 is 11.7 Å². The molecule has 2 N–H and O–H groups in total. The molecule has 1 heterocycles. The second-order valence-electron chi connectivity index (χ2n) is 6.42. The summed E-state index contributed by atoms with van der Waals surface area (Å²) < 4.78 is 15.8. The maximum Gasteiger partial charge on any atom is 0.407 e. The molecule has 2 atom stereocenters. The molecule has 1 amide bonds. The Morgan fingerprint density at radius 2 is 2.00 bits per heavy atom. The number of alkyl carbamates (subject to hydrolysis) is 1. The van der Waals surface area contributed by atoms with Gasteiger partial charge in [-0.3, -0.25) is 4.79 Å². The minimum absolute atomic E-state index is 0.00727. The maximum atomic E-state index is 11.7. The predicted molar refractivity (Wildman–Crippen MR) is 81.6 cm³/mol. The molecule has 1 saturated heterocycles. The Bertz CT molecular complexity index is 359. The lowest BCUT2D eigenvalue weighted by molar-refractivity contribution is -0.140. The normalized spacial score (nSPS) is 22.0. The summed E-state index contributed by atoms with van der Waals surface area (Å²) in [5, 5.41) is 6.00. The molecule has 0 aromatic heterocycles. The van der Waals surface area contributed by atoms with Crippen LogP contribution in [0.3, 0.4) is 0 Å². The minimum atomic E-state index is -0.492. The first-order chi connectivity index (χ1) is 10.3. The van der Waals surface area contributed by atoms with Crippen LogP contribution in [-0.4, -0.2) is 56.1 Å². The van der Waals surface area contributed by atoms with E-state index in [1.165, 1.54) is 6.92 Å². The molecule has 1 aliphatic heterocycles. The van der Waals surface area contributed by atoms with Gasteiger partial charge in [0.05, 0.1) is 18.8 Å². The smallest absolute Gasteiger partial charge is 0.407 e. The van der Waals surface area contributed by atoms with Gasteiger partial charge in [-0.25, -0.2) is 4.79 Å². The third-order valence-corrected chi connectivity index (χ3v) is 3.05. The predicted octanol–water partition coefficient (Wildman–Crippen LogP) is 1.21. The Hall–Kier alpha value is -1.34. The van der Waals surface area contributed by atoms with Gasteiger partial charge in [-0.2, -0.15) is 0 Å². The molecular weight excluding hydrogens is 288 g/mol. The van der Waals surface area contributed by atoms with E-state index in [9.17, 15) is 9.59 Å². The minimum Gasteiger partial charge on any atom is -0.465 e. The number of ether oxygens (including phenoxy) is 3.